The fourth-order valence-corrected chi connectivity index (χ4v) is 4.36. The average molecular weight is 398 g/mol. The van der Waals surface area contributed by atoms with E-state index in [9.17, 15) is 4.79 Å². The van der Waals surface area contributed by atoms with Gasteiger partial charge in [0.2, 0.25) is 5.91 Å². The highest BCUT2D eigenvalue weighted by molar-refractivity contribution is 5.78. The maximum atomic E-state index is 12.6. The molecular formula is C22H31N5O2. The van der Waals surface area contributed by atoms with Gasteiger partial charge in [0.1, 0.15) is 11.6 Å². The van der Waals surface area contributed by atoms with Gasteiger partial charge in [0.05, 0.1) is 12.6 Å². The van der Waals surface area contributed by atoms with Crippen molar-refractivity contribution in [2.24, 2.45) is 0 Å². The van der Waals surface area contributed by atoms with Crippen LogP contribution in [0.2, 0.25) is 0 Å². The van der Waals surface area contributed by atoms with Crippen molar-refractivity contribution in [3.63, 3.8) is 0 Å². The van der Waals surface area contributed by atoms with Crippen molar-refractivity contribution in [1.29, 1.82) is 0 Å². The summed E-state index contributed by atoms with van der Waals surface area (Å²) in [5.74, 6) is 2.95. The minimum atomic E-state index is 0.0486. The first-order chi connectivity index (χ1) is 14.2. The van der Waals surface area contributed by atoms with Gasteiger partial charge in [-0.1, -0.05) is 18.2 Å². The molecule has 2 aromatic rings. The second kappa shape index (κ2) is 9.39. The van der Waals surface area contributed by atoms with E-state index in [4.69, 9.17) is 4.74 Å². The van der Waals surface area contributed by atoms with Crippen molar-refractivity contribution in [3.05, 3.63) is 41.5 Å². The number of carbonyl (C=O) groups excluding carboxylic acids is 1. The number of H-pyrrole nitrogens is 1. The summed E-state index contributed by atoms with van der Waals surface area (Å²) in [4.78, 5) is 19.2. The molecule has 1 amide bonds. The van der Waals surface area contributed by atoms with Crippen molar-refractivity contribution in [2.45, 2.75) is 64.0 Å². The smallest absolute Gasteiger partial charge is 0.234 e. The number of carbonyl (C=O) groups is 1. The molecule has 0 bridgehead atoms. The number of piperidine rings is 1. The van der Waals surface area contributed by atoms with E-state index in [2.05, 4.69) is 25.4 Å². The molecule has 1 aromatic carbocycles. The maximum Gasteiger partial charge on any atom is 0.234 e. The maximum absolute atomic E-state index is 12.6. The lowest BCUT2D eigenvalue weighted by atomic mass is 9.97. The first-order valence-corrected chi connectivity index (χ1v) is 10.8. The Kier molecular flexibility index (Phi) is 6.44. The zero-order valence-electron chi connectivity index (χ0n) is 17.2. The molecule has 2 N–H and O–H groups in total. The molecule has 0 radical (unpaired) electrons. The molecule has 7 nitrogen and oxygen atoms in total. The van der Waals surface area contributed by atoms with Crippen molar-refractivity contribution in [2.75, 3.05) is 19.6 Å². The number of likely N-dealkylation sites (tertiary alicyclic amines) is 1. The summed E-state index contributed by atoms with van der Waals surface area (Å²) in [6.45, 7) is 4.59. The number of nitrogens with one attached hydrogen (secondary N) is 2. The Morgan fingerprint density at radius 3 is 2.86 bits per heavy atom. The molecule has 7 heteroatoms. The molecule has 0 unspecified atom stereocenters. The Balaban J connectivity index is 1.28. The van der Waals surface area contributed by atoms with Crippen LogP contribution >= 0.6 is 0 Å². The number of aromatic nitrogens is 3. The molecule has 0 spiro atoms. The van der Waals surface area contributed by atoms with Crippen LogP contribution in [0.5, 0.6) is 5.75 Å². The summed E-state index contributed by atoms with van der Waals surface area (Å²) in [7, 11) is 0. The minimum Gasteiger partial charge on any atom is -0.490 e. The number of aryl methyl sites for hydroxylation is 1. The van der Waals surface area contributed by atoms with Crippen LogP contribution in [0.25, 0.3) is 0 Å². The largest absolute Gasteiger partial charge is 0.490 e. The lowest BCUT2D eigenvalue weighted by Crippen LogP contribution is -2.42. The molecule has 1 saturated carbocycles. The normalized spacial score (nSPS) is 20.7. The molecule has 1 saturated heterocycles. The van der Waals surface area contributed by atoms with Gasteiger partial charge in [0.25, 0.3) is 0 Å². The summed E-state index contributed by atoms with van der Waals surface area (Å²) in [6.07, 6.45) is 7.19. The van der Waals surface area contributed by atoms with Crippen LogP contribution in [0, 0.1) is 6.92 Å². The molecule has 2 heterocycles. The van der Waals surface area contributed by atoms with Crippen LogP contribution in [-0.2, 0) is 11.3 Å². The van der Waals surface area contributed by atoms with E-state index in [1.165, 1.54) is 12.8 Å². The zero-order chi connectivity index (χ0) is 20.1. The van der Waals surface area contributed by atoms with Crippen LogP contribution in [0.15, 0.2) is 24.3 Å². The van der Waals surface area contributed by atoms with Gasteiger partial charge in [0.15, 0.2) is 5.82 Å². The summed E-state index contributed by atoms with van der Waals surface area (Å²) < 4.78 is 6.18. The second-order valence-corrected chi connectivity index (χ2v) is 8.26. The van der Waals surface area contributed by atoms with Gasteiger partial charge < -0.3 is 10.1 Å². The number of benzene rings is 1. The van der Waals surface area contributed by atoms with E-state index in [0.717, 1.165) is 61.7 Å². The highest BCUT2D eigenvalue weighted by Gasteiger charge is 2.25. The van der Waals surface area contributed by atoms with Crippen molar-refractivity contribution in [3.8, 4) is 5.75 Å². The summed E-state index contributed by atoms with van der Waals surface area (Å²) in [5.41, 5.74) is 1.04. The fourth-order valence-electron chi connectivity index (χ4n) is 4.36. The fraction of sp³-hybridized carbons (Fsp3) is 0.591. The summed E-state index contributed by atoms with van der Waals surface area (Å²) in [5, 5.41) is 10.3. The molecule has 156 valence electrons. The predicted molar refractivity (Wildman–Crippen MR) is 111 cm³/mol. The van der Waals surface area contributed by atoms with Crippen LogP contribution in [0.1, 0.15) is 61.7 Å². The van der Waals surface area contributed by atoms with Crippen molar-refractivity contribution < 1.29 is 9.53 Å². The number of aromatic amines is 1. The number of amides is 1. The lowest BCUT2D eigenvalue weighted by Gasteiger charge is -2.30. The minimum absolute atomic E-state index is 0.0486. The molecule has 2 fully saturated rings. The van der Waals surface area contributed by atoms with Crippen LogP contribution in [0.4, 0.5) is 0 Å². The number of rotatable bonds is 7. The van der Waals surface area contributed by atoms with Crippen molar-refractivity contribution in [1.82, 2.24) is 25.4 Å². The SMILES string of the molecule is Cc1nc([C@@H]2CCCN(CC(=O)NCc3ccccc3OC3CCCC3)C2)n[nH]1. The molecule has 2 aliphatic rings. The molecule has 4 rings (SSSR count). The molecule has 1 aliphatic heterocycles. The van der Waals surface area contributed by atoms with Gasteiger partial charge in [-0.05, 0) is 58.1 Å². The Labute approximate surface area is 172 Å². The number of hydrogen-bond acceptors (Lipinski definition) is 5. The Morgan fingerprint density at radius 1 is 1.24 bits per heavy atom. The first kappa shape index (κ1) is 19.9. The van der Waals surface area contributed by atoms with E-state index in [0.29, 0.717) is 25.1 Å². The molecule has 1 aliphatic carbocycles. The monoisotopic (exact) mass is 397 g/mol. The lowest BCUT2D eigenvalue weighted by molar-refractivity contribution is -0.122. The highest BCUT2D eigenvalue weighted by Crippen LogP contribution is 2.27. The average Bonchev–Trinajstić information content (AvgIpc) is 3.39. The standard InChI is InChI=1S/C22H31N5O2/c1-16-24-22(26-25-16)18-8-6-12-27(14-18)15-21(28)23-13-17-7-2-5-11-20(17)29-19-9-3-4-10-19/h2,5,7,11,18-19H,3-4,6,8-10,12-15H2,1H3,(H,23,28)(H,24,25,26)/t18-/m1/s1. The quantitative estimate of drug-likeness (QED) is 0.751. The molecule has 1 aromatic heterocycles. The molecule has 29 heavy (non-hydrogen) atoms. The second-order valence-electron chi connectivity index (χ2n) is 8.26. The Morgan fingerprint density at radius 2 is 2.07 bits per heavy atom. The van der Waals surface area contributed by atoms with Gasteiger partial charge in [-0.3, -0.25) is 14.8 Å². The van der Waals surface area contributed by atoms with Gasteiger partial charge >= 0.3 is 0 Å². The van der Waals surface area contributed by atoms with E-state index in [-0.39, 0.29) is 5.91 Å². The zero-order valence-corrected chi connectivity index (χ0v) is 17.2. The van der Waals surface area contributed by atoms with Crippen LogP contribution < -0.4 is 10.1 Å². The predicted octanol–water partition coefficient (Wildman–Crippen LogP) is 2.93. The summed E-state index contributed by atoms with van der Waals surface area (Å²) >= 11 is 0. The first-order valence-electron chi connectivity index (χ1n) is 10.8. The number of ether oxygens (including phenoxy) is 1. The van der Waals surface area contributed by atoms with E-state index in [1.54, 1.807) is 0 Å². The topological polar surface area (TPSA) is 83.1 Å². The summed E-state index contributed by atoms with van der Waals surface area (Å²) in [6, 6.07) is 8.03. The van der Waals surface area contributed by atoms with Gasteiger partial charge in [-0.25, -0.2) is 4.98 Å². The third-order valence-electron chi connectivity index (χ3n) is 5.90. The van der Waals surface area contributed by atoms with Gasteiger partial charge in [-0.2, -0.15) is 5.10 Å². The van der Waals surface area contributed by atoms with Crippen LogP contribution in [-0.4, -0.2) is 51.7 Å². The third-order valence-corrected chi connectivity index (χ3v) is 5.90. The highest BCUT2D eigenvalue weighted by atomic mass is 16.5. The van der Waals surface area contributed by atoms with Gasteiger partial charge in [0, 0.05) is 24.6 Å². The molecular weight excluding hydrogens is 366 g/mol. The number of nitrogens with zero attached hydrogens (tertiary/aromatic N) is 3. The number of para-hydroxylation sites is 1. The van der Waals surface area contributed by atoms with E-state index < -0.39 is 0 Å². The van der Waals surface area contributed by atoms with E-state index >= 15 is 0 Å². The van der Waals surface area contributed by atoms with Crippen molar-refractivity contribution >= 4 is 5.91 Å². The van der Waals surface area contributed by atoms with Crippen LogP contribution in [0.3, 0.4) is 0 Å². The third kappa shape index (κ3) is 5.35. The Bertz CT molecular complexity index is 815. The molecule has 1 atom stereocenters. The van der Waals surface area contributed by atoms with Gasteiger partial charge in [-0.15, -0.1) is 0 Å². The number of hydrogen-bond donors (Lipinski definition) is 2. The van der Waals surface area contributed by atoms with E-state index in [1.807, 2.05) is 31.2 Å². The Hall–Kier alpha value is -2.41.